The lowest BCUT2D eigenvalue weighted by molar-refractivity contribution is 0.243. The standard InChI is InChI=1S/C16H20N2O2/c1-11(2)20-16-7-5-4-6-13(16)17-10-14-15(19)9-8-12(3)18-14/h4-9,11,17,19H,10H2,1-3H3. The van der Waals surface area contributed by atoms with E-state index in [0.717, 1.165) is 17.1 Å². The summed E-state index contributed by atoms with van der Waals surface area (Å²) in [6.45, 7) is 6.33. The van der Waals surface area contributed by atoms with Crippen LogP contribution in [-0.4, -0.2) is 16.2 Å². The molecule has 0 aliphatic carbocycles. The molecule has 0 saturated heterocycles. The lowest BCUT2D eigenvalue weighted by Crippen LogP contribution is -2.09. The molecule has 0 spiro atoms. The molecule has 2 rings (SSSR count). The van der Waals surface area contributed by atoms with Gasteiger partial charge in [-0.2, -0.15) is 0 Å². The Morgan fingerprint density at radius 1 is 1.20 bits per heavy atom. The van der Waals surface area contributed by atoms with Gasteiger partial charge in [0.2, 0.25) is 0 Å². The fourth-order valence-electron chi connectivity index (χ4n) is 1.88. The maximum absolute atomic E-state index is 9.79. The van der Waals surface area contributed by atoms with Crippen LogP contribution in [-0.2, 0) is 6.54 Å². The van der Waals surface area contributed by atoms with Gasteiger partial charge in [0, 0.05) is 5.69 Å². The van der Waals surface area contributed by atoms with Gasteiger partial charge in [-0.3, -0.25) is 4.98 Å². The van der Waals surface area contributed by atoms with E-state index in [1.165, 1.54) is 0 Å². The Bertz CT molecular complexity index is 582. The van der Waals surface area contributed by atoms with Crippen molar-refractivity contribution in [3.8, 4) is 11.5 Å². The molecule has 0 radical (unpaired) electrons. The number of anilines is 1. The van der Waals surface area contributed by atoms with E-state index < -0.39 is 0 Å². The van der Waals surface area contributed by atoms with Gasteiger partial charge in [0.25, 0.3) is 0 Å². The van der Waals surface area contributed by atoms with Gasteiger partial charge in [-0.1, -0.05) is 12.1 Å². The molecule has 0 unspecified atom stereocenters. The van der Waals surface area contributed by atoms with E-state index in [4.69, 9.17) is 4.74 Å². The summed E-state index contributed by atoms with van der Waals surface area (Å²) in [5.41, 5.74) is 2.40. The number of nitrogens with zero attached hydrogens (tertiary/aromatic N) is 1. The van der Waals surface area contributed by atoms with E-state index in [9.17, 15) is 5.11 Å². The SMILES string of the molecule is Cc1ccc(O)c(CNc2ccccc2OC(C)C)n1. The van der Waals surface area contributed by atoms with Crippen molar-refractivity contribution in [2.75, 3.05) is 5.32 Å². The molecular formula is C16H20N2O2. The Labute approximate surface area is 119 Å². The maximum Gasteiger partial charge on any atom is 0.142 e. The number of hydrogen-bond acceptors (Lipinski definition) is 4. The molecule has 2 aromatic rings. The molecule has 0 bridgehead atoms. The van der Waals surface area contributed by atoms with E-state index >= 15 is 0 Å². The number of para-hydroxylation sites is 2. The molecule has 2 N–H and O–H groups in total. The van der Waals surface area contributed by atoms with Crippen molar-refractivity contribution in [1.82, 2.24) is 4.98 Å². The first-order valence-electron chi connectivity index (χ1n) is 6.71. The molecule has 106 valence electrons. The minimum absolute atomic E-state index is 0.114. The van der Waals surface area contributed by atoms with Crippen LogP contribution in [0.5, 0.6) is 11.5 Å². The van der Waals surface area contributed by atoms with Crippen LogP contribution in [0.1, 0.15) is 25.2 Å². The number of aryl methyl sites for hydroxylation is 1. The zero-order valence-corrected chi connectivity index (χ0v) is 12.1. The third kappa shape index (κ3) is 3.63. The van der Waals surface area contributed by atoms with E-state index in [1.807, 2.05) is 45.0 Å². The van der Waals surface area contributed by atoms with E-state index in [0.29, 0.717) is 12.2 Å². The highest BCUT2D eigenvalue weighted by molar-refractivity contribution is 5.56. The van der Waals surface area contributed by atoms with Gasteiger partial charge in [-0.15, -0.1) is 0 Å². The Kier molecular flexibility index (Phi) is 4.45. The fraction of sp³-hybridized carbons (Fsp3) is 0.312. The van der Waals surface area contributed by atoms with Gasteiger partial charge in [0.15, 0.2) is 0 Å². The Balaban J connectivity index is 2.12. The zero-order chi connectivity index (χ0) is 14.5. The topological polar surface area (TPSA) is 54.4 Å². The van der Waals surface area contributed by atoms with Gasteiger partial charge in [-0.25, -0.2) is 0 Å². The first-order valence-corrected chi connectivity index (χ1v) is 6.71. The molecule has 0 amide bonds. The number of ether oxygens (including phenoxy) is 1. The summed E-state index contributed by atoms with van der Waals surface area (Å²) in [5.74, 6) is 1.00. The highest BCUT2D eigenvalue weighted by atomic mass is 16.5. The number of rotatable bonds is 5. The van der Waals surface area contributed by atoms with Crippen LogP contribution >= 0.6 is 0 Å². The molecular weight excluding hydrogens is 252 g/mol. The molecule has 1 aromatic heterocycles. The second kappa shape index (κ2) is 6.28. The first kappa shape index (κ1) is 14.2. The number of benzene rings is 1. The Morgan fingerprint density at radius 3 is 2.70 bits per heavy atom. The maximum atomic E-state index is 9.79. The van der Waals surface area contributed by atoms with E-state index in [-0.39, 0.29) is 11.9 Å². The van der Waals surface area contributed by atoms with Crippen molar-refractivity contribution >= 4 is 5.69 Å². The normalized spacial score (nSPS) is 10.6. The molecule has 1 heterocycles. The number of hydrogen-bond donors (Lipinski definition) is 2. The number of pyridine rings is 1. The highest BCUT2D eigenvalue weighted by Gasteiger charge is 2.07. The zero-order valence-electron chi connectivity index (χ0n) is 12.1. The second-order valence-corrected chi connectivity index (χ2v) is 4.93. The largest absolute Gasteiger partial charge is 0.506 e. The molecule has 20 heavy (non-hydrogen) atoms. The molecule has 1 aromatic carbocycles. The van der Waals surface area contributed by atoms with Gasteiger partial charge < -0.3 is 15.2 Å². The summed E-state index contributed by atoms with van der Waals surface area (Å²) in [6, 6.07) is 11.2. The summed E-state index contributed by atoms with van der Waals surface area (Å²) in [4.78, 5) is 4.33. The van der Waals surface area contributed by atoms with Crippen molar-refractivity contribution in [1.29, 1.82) is 0 Å². The van der Waals surface area contributed by atoms with Crippen molar-refractivity contribution in [3.05, 3.63) is 47.8 Å². The molecule has 0 aliphatic heterocycles. The van der Waals surface area contributed by atoms with Crippen LogP contribution in [0.25, 0.3) is 0 Å². The van der Waals surface area contributed by atoms with Crippen molar-refractivity contribution < 1.29 is 9.84 Å². The summed E-state index contributed by atoms with van der Waals surface area (Å²) in [6.07, 6.45) is 0.114. The number of nitrogens with one attached hydrogen (secondary N) is 1. The summed E-state index contributed by atoms with van der Waals surface area (Å²) < 4.78 is 5.74. The van der Waals surface area contributed by atoms with Crippen LogP contribution in [0, 0.1) is 6.92 Å². The van der Waals surface area contributed by atoms with Gasteiger partial charge in [0.1, 0.15) is 17.2 Å². The van der Waals surface area contributed by atoms with E-state index in [2.05, 4.69) is 10.3 Å². The molecule has 0 aliphatic rings. The van der Waals surface area contributed by atoms with Gasteiger partial charge in [-0.05, 0) is 45.0 Å². The van der Waals surface area contributed by atoms with Crippen molar-refractivity contribution in [3.63, 3.8) is 0 Å². The van der Waals surface area contributed by atoms with Gasteiger partial charge in [0.05, 0.1) is 18.3 Å². The minimum atomic E-state index is 0.114. The predicted molar refractivity (Wildman–Crippen MR) is 80.2 cm³/mol. The third-order valence-electron chi connectivity index (χ3n) is 2.79. The molecule has 0 fully saturated rings. The first-order chi connectivity index (χ1) is 9.56. The van der Waals surface area contributed by atoms with Crippen molar-refractivity contribution in [2.45, 2.75) is 33.4 Å². The lowest BCUT2D eigenvalue weighted by atomic mass is 10.2. The van der Waals surface area contributed by atoms with Crippen LogP contribution < -0.4 is 10.1 Å². The quantitative estimate of drug-likeness (QED) is 0.874. The van der Waals surface area contributed by atoms with Crippen LogP contribution in [0.15, 0.2) is 36.4 Å². The van der Waals surface area contributed by atoms with Crippen LogP contribution in [0.4, 0.5) is 5.69 Å². The monoisotopic (exact) mass is 272 g/mol. The van der Waals surface area contributed by atoms with Crippen molar-refractivity contribution in [2.24, 2.45) is 0 Å². The van der Waals surface area contributed by atoms with Crippen LogP contribution in [0.3, 0.4) is 0 Å². The fourth-order valence-corrected chi connectivity index (χ4v) is 1.88. The molecule has 4 nitrogen and oxygen atoms in total. The summed E-state index contributed by atoms with van der Waals surface area (Å²) in [5, 5.41) is 13.0. The van der Waals surface area contributed by atoms with E-state index in [1.54, 1.807) is 12.1 Å². The molecule has 0 saturated carbocycles. The predicted octanol–water partition coefficient (Wildman–Crippen LogP) is 3.49. The van der Waals surface area contributed by atoms with Crippen LogP contribution in [0.2, 0.25) is 0 Å². The second-order valence-electron chi connectivity index (χ2n) is 4.93. The lowest BCUT2D eigenvalue weighted by Gasteiger charge is -2.15. The average Bonchev–Trinajstić information content (AvgIpc) is 2.41. The molecule has 4 heteroatoms. The smallest absolute Gasteiger partial charge is 0.142 e. The Morgan fingerprint density at radius 2 is 1.95 bits per heavy atom. The summed E-state index contributed by atoms with van der Waals surface area (Å²) in [7, 11) is 0. The minimum Gasteiger partial charge on any atom is -0.506 e. The highest BCUT2D eigenvalue weighted by Crippen LogP contribution is 2.26. The average molecular weight is 272 g/mol. The summed E-state index contributed by atoms with van der Waals surface area (Å²) >= 11 is 0. The Hall–Kier alpha value is -2.23. The van der Waals surface area contributed by atoms with Gasteiger partial charge >= 0.3 is 0 Å². The number of aromatic nitrogens is 1. The number of aromatic hydroxyl groups is 1. The molecule has 0 atom stereocenters. The third-order valence-corrected chi connectivity index (χ3v) is 2.79.